The molecule has 0 aromatic rings. The van der Waals surface area contributed by atoms with Gasteiger partial charge in [0.2, 0.25) is 5.91 Å². The molecule has 1 amide bonds. The molecule has 0 saturated carbocycles. The van der Waals surface area contributed by atoms with Gasteiger partial charge in [-0.25, -0.2) is 13.4 Å². The van der Waals surface area contributed by atoms with E-state index in [2.05, 4.69) is 20.9 Å². The van der Waals surface area contributed by atoms with Crippen molar-refractivity contribution in [3.8, 4) is 0 Å². The molecule has 3 N–H and O–H groups in total. The van der Waals surface area contributed by atoms with Gasteiger partial charge in [-0.05, 0) is 39.5 Å². The molecule has 142 valence electrons. The van der Waals surface area contributed by atoms with Gasteiger partial charge in [0.25, 0.3) is 0 Å². The summed E-state index contributed by atoms with van der Waals surface area (Å²) in [6.45, 7) is 13.0. The van der Waals surface area contributed by atoms with E-state index in [1.807, 2.05) is 41.5 Å². The molecule has 0 unspecified atom stereocenters. The van der Waals surface area contributed by atoms with Crippen LogP contribution >= 0.6 is 0 Å². The maximum absolute atomic E-state index is 11.8. The van der Waals surface area contributed by atoms with Crippen LogP contribution in [0.25, 0.3) is 0 Å². The van der Waals surface area contributed by atoms with Crippen LogP contribution in [0.4, 0.5) is 0 Å². The molecule has 0 aromatic carbocycles. The Balaban J connectivity index is 4.61. The highest BCUT2D eigenvalue weighted by Crippen LogP contribution is 2.19. The van der Waals surface area contributed by atoms with E-state index in [0.717, 1.165) is 0 Å². The standard InChI is InChI=1S/C16H34N4O3S/c1-8-17-14(18-11-13(21)20-15(2,3)4)19-12-16(5,6)9-10-24(7,22)23/h8-12H2,1-7H3,(H,20,21)(H2,17,18,19). The molecule has 0 radical (unpaired) electrons. The van der Waals surface area contributed by atoms with Crippen molar-refractivity contribution in [2.75, 3.05) is 31.6 Å². The Hall–Kier alpha value is -1.31. The molecule has 0 aliphatic carbocycles. The zero-order chi connectivity index (χ0) is 19.0. The lowest BCUT2D eigenvalue weighted by Gasteiger charge is -2.26. The number of nitrogens with one attached hydrogen (secondary N) is 3. The third-order valence-electron chi connectivity index (χ3n) is 3.12. The zero-order valence-electron chi connectivity index (χ0n) is 16.1. The number of hydrogen-bond acceptors (Lipinski definition) is 4. The molecule has 0 atom stereocenters. The molecule has 0 saturated heterocycles. The monoisotopic (exact) mass is 362 g/mol. The highest BCUT2D eigenvalue weighted by atomic mass is 32.2. The van der Waals surface area contributed by atoms with E-state index in [0.29, 0.717) is 25.5 Å². The van der Waals surface area contributed by atoms with E-state index in [4.69, 9.17) is 0 Å². The summed E-state index contributed by atoms with van der Waals surface area (Å²) in [5.41, 5.74) is -0.487. The van der Waals surface area contributed by atoms with Crippen molar-refractivity contribution in [3.05, 3.63) is 0 Å². The maximum Gasteiger partial charge on any atom is 0.242 e. The van der Waals surface area contributed by atoms with E-state index < -0.39 is 9.84 Å². The second-order valence-electron chi connectivity index (χ2n) is 7.89. The van der Waals surface area contributed by atoms with Crippen molar-refractivity contribution in [2.24, 2.45) is 10.4 Å². The summed E-state index contributed by atoms with van der Waals surface area (Å²) in [5, 5.41) is 9.12. The van der Waals surface area contributed by atoms with Crippen LogP contribution in [-0.2, 0) is 14.6 Å². The van der Waals surface area contributed by atoms with Crippen molar-refractivity contribution in [2.45, 2.75) is 53.5 Å². The zero-order valence-corrected chi connectivity index (χ0v) is 16.9. The van der Waals surface area contributed by atoms with Crippen molar-refractivity contribution in [1.82, 2.24) is 16.0 Å². The van der Waals surface area contributed by atoms with Gasteiger partial charge in [-0.1, -0.05) is 13.8 Å². The molecule has 0 bridgehead atoms. The summed E-state index contributed by atoms with van der Waals surface area (Å²) in [4.78, 5) is 16.1. The average molecular weight is 363 g/mol. The minimum atomic E-state index is -2.97. The third-order valence-corrected chi connectivity index (χ3v) is 4.07. The molecular formula is C16H34N4O3S. The average Bonchev–Trinajstić information content (AvgIpc) is 2.37. The van der Waals surface area contributed by atoms with E-state index in [9.17, 15) is 13.2 Å². The summed E-state index contributed by atoms with van der Waals surface area (Å²) in [5.74, 6) is 0.564. The van der Waals surface area contributed by atoms with Gasteiger partial charge in [0.15, 0.2) is 5.96 Å². The number of hydrogen-bond donors (Lipinski definition) is 3. The Morgan fingerprint density at radius 3 is 2.12 bits per heavy atom. The molecule has 0 rings (SSSR count). The first-order chi connectivity index (χ1) is 10.7. The van der Waals surface area contributed by atoms with Gasteiger partial charge in [-0.3, -0.25) is 4.79 Å². The Morgan fingerprint density at radius 1 is 1.08 bits per heavy atom. The molecule has 0 fully saturated rings. The fourth-order valence-electron chi connectivity index (χ4n) is 1.82. The number of amides is 1. The Morgan fingerprint density at radius 2 is 1.67 bits per heavy atom. The lowest BCUT2D eigenvalue weighted by atomic mass is 9.90. The smallest absolute Gasteiger partial charge is 0.242 e. The molecular weight excluding hydrogens is 328 g/mol. The largest absolute Gasteiger partial charge is 0.357 e. The van der Waals surface area contributed by atoms with Crippen LogP contribution < -0.4 is 16.0 Å². The van der Waals surface area contributed by atoms with Gasteiger partial charge in [0.1, 0.15) is 16.4 Å². The van der Waals surface area contributed by atoms with Gasteiger partial charge in [0, 0.05) is 24.9 Å². The summed E-state index contributed by atoms with van der Waals surface area (Å²) >= 11 is 0. The molecule has 0 aliphatic heterocycles. The van der Waals surface area contributed by atoms with Gasteiger partial charge in [-0.15, -0.1) is 0 Å². The van der Waals surface area contributed by atoms with Crippen LogP contribution in [0.1, 0.15) is 48.0 Å². The van der Waals surface area contributed by atoms with E-state index in [1.54, 1.807) is 0 Å². The van der Waals surface area contributed by atoms with Crippen LogP contribution in [0, 0.1) is 5.41 Å². The summed E-state index contributed by atoms with van der Waals surface area (Å²) in [6, 6.07) is 0. The molecule has 0 heterocycles. The highest BCUT2D eigenvalue weighted by Gasteiger charge is 2.20. The first-order valence-corrected chi connectivity index (χ1v) is 10.3. The number of carbonyl (C=O) groups excluding carboxylic acids is 1. The van der Waals surface area contributed by atoms with Crippen LogP contribution in [-0.4, -0.2) is 57.5 Å². The Labute approximate surface area is 147 Å². The van der Waals surface area contributed by atoms with Crippen LogP contribution in [0.15, 0.2) is 4.99 Å². The van der Waals surface area contributed by atoms with Crippen LogP contribution in [0.3, 0.4) is 0 Å². The van der Waals surface area contributed by atoms with Crippen molar-refractivity contribution < 1.29 is 13.2 Å². The first kappa shape index (κ1) is 22.7. The minimum Gasteiger partial charge on any atom is -0.357 e. The molecule has 0 aliphatic rings. The van der Waals surface area contributed by atoms with Crippen LogP contribution in [0.5, 0.6) is 0 Å². The second-order valence-corrected chi connectivity index (χ2v) is 10.2. The fourth-order valence-corrected chi connectivity index (χ4v) is 2.75. The van der Waals surface area contributed by atoms with E-state index >= 15 is 0 Å². The maximum atomic E-state index is 11.8. The lowest BCUT2D eigenvalue weighted by Crippen LogP contribution is -2.44. The third kappa shape index (κ3) is 13.2. The molecule has 7 nitrogen and oxygen atoms in total. The number of rotatable bonds is 8. The SMILES string of the molecule is CCNC(=NCC(=O)NC(C)(C)C)NCC(C)(C)CCS(C)(=O)=O. The number of sulfone groups is 1. The van der Waals surface area contributed by atoms with Crippen molar-refractivity contribution >= 4 is 21.7 Å². The molecule has 8 heteroatoms. The van der Waals surface area contributed by atoms with Gasteiger partial charge < -0.3 is 16.0 Å². The fraction of sp³-hybridized carbons (Fsp3) is 0.875. The quantitative estimate of drug-likeness (QED) is 0.440. The van der Waals surface area contributed by atoms with Crippen LogP contribution in [0.2, 0.25) is 0 Å². The van der Waals surface area contributed by atoms with Gasteiger partial charge in [-0.2, -0.15) is 0 Å². The van der Waals surface area contributed by atoms with Gasteiger partial charge in [0.05, 0.1) is 5.75 Å². The van der Waals surface area contributed by atoms with Crippen molar-refractivity contribution in [1.29, 1.82) is 0 Å². The Bertz CT molecular complexity index is 534. The van der Waals surface area contributed by atoms with E-state index in [-0.39, 0.29) is 29.2 Å². The van der Waals surface area contributed by atoms with Crippen molar-refractivity contribution in [3.63, 3.8) is 0 Å². The summed E-state index contributed by atoms with van der Waals surface area (Å²) < 4.78 is 22.6. The van der Waals surface area contributed by atoms with Gasteiger partial charge >= 0.3 is 0 Å². The number of aliphatic imine (C=N–C) groups is 1. The second kappa shape index (κ2) is 9.25. The predicted molar refractivity (Wildman–Crippen MR) is 100.0 cm³/mol. The lowest BCUT2D eigenvalue weighted by molar-refractivity contribution is -0.121. The highest BCUT2D eigenvalue weighted by molar-refractivity contribution is 7.90. The van der Waals surface area contributed by atoms with E-state index in [1.165, 1.54) is 6.26 Å². The number of carbonyl (C=O) groups is 1. The number of guanidine groups is 1. The predicted octanol–water partition coefficient (Wildman–Crippen LogP) is 0.917. The Kier molecular flexibility index (Phi) is 8.74. The first-order valence-electron chi connectivity index (χ1n) is 8.25. The summed E-state index contributed by atoms with van der Waals surface area (Å²) in [6.07, 6.45) is 1.80. The molecule has 0 spiro atoms. The topological polar surface area (TPSA) is 99.7 Å². The normalized spacial score (nSPS) is 13.5. The number of nitrogens with zero attached hydrogens (tertiary/aromatic N) is 1. The minimum absolute atomic E-state index is 0.0381. The summed E-state index contributed by atoms with van der Waals surface area (Å²) in [7, 11) is -2.97. The molecule has 24 heavy (non-hydrogen) atoms. The molecule has 0 aromatic heterocycles.